The van der Waals surface area contributed by atoms with Gasteiger partial charge in [-0.15, -0.1) is 0 Å². The Morgan fingerprint density at radius 1 is 0.844 bits per heavy atom. The van der Waals surface area contributed by atoms with Gasteiger partial charge in [0.1, 0.15) is 12.4 Å². The molecule has 2 nitrogen and oxygen atoms in total. The molecule has 0 saturated heterocycles. The first-order chi connectivity index (χ1) is 15.8. The van der Waals surface area contributed by atoms with Crippen LogP contribution in [-0.2, 0) is 11.3 Å². The van der Waals surface area contributed by atoms with Gasteiger partial charge in [0, 0.05) is 12.2 Å². The Bertz CT molecular complexity index is 686. The van der Waals surface area contributed by atoms with Crippen LogP contribution in [-0.4, -0.2) is 13.2 Å². The smallest absolute Gasteiger partial charge is 0.127 e. The Morgan fingerprint density at radius 2 is 1.50 bits per heavy atom. The maximum absolute atomic E-state index is 5.89. The van der Waals surface area contributed by atoms with Crippen LogP contribution in [0.5, 0.6) is 5.75 Å². The van der Waals surface area contributed by atoms with Gasteiger partial charge in [-0.1, -0.05) is 102 Å². The highest BCUT2D eigenvalue weighted by atomic mass is 16.5. The highest BCUT2D eigenvalue weighted by molar-refractivity contribution is 5.61. The maximum atomic E-state index is 5.89. The van der Waals surface area contributed by atoms with E-state index in [1.54, 1.807) is 0 Å². The Hall–Kier alpha value is -1.80. The molecule has 32 heavy (non-hydrogen) atoms. The Labute approximate surface area is 197 Å². The van der Waals surface area contributed by atoms with Gasteiger partial charge in [-0.3, -0.25) is 0 Å². The number of benzene rings is 1. The summed E-state index contributed by atoms with van der Waals surface area (Å²) in [4.78, 5) is 0. The lowest BCUT2D eigenvalue weighted by Crippen LogP contribution is -1.99. The number of ether oxygens (including phenoxy) is 2. The van der Waals surface area contributed by atoms with Crippen LogP contribution in [0.25, 0.3) is 6.08 Å². The fourth-order valence-electron chi connectivity index (χ4n) is 4.02. The van der Waals surface area contributed by atoms with Crippen LogP contribution < -0.4 is 4.74 Å². The molecule has 0 fully saturated rings. The molecule has 0 aliphatic carbocycles. The van der Waals surface area contributed by atoms with Gasteiger partial charge in [-0.25, -0.2) is 0 Å². The molecule has 2 rings (SSSR count). The first-order valence-electron chi connectivity index (χ1n) is 13.1. The van der Waals surface area contributed by atoms with Crippen molar-refractivity contribution in [2.75, 3.05) is 13.2 Å². The number of rotatable bonds is 18. The van der Waals surface area contributed by atoms with Crippen LogP contribution in [0.1, 0.15) is 108 Å². The molecule has 0 saturated carbocycles. The largest absolute Gasteiger partial charge is 0.488 e. The SMILES string of the molecule is C=C1C=Cc2cc(COCCCCCCCC/C=C\CCCCCCCC)ccc2OC1. The molecular weight excluding hydrogens is 392 g/mol. The lowest BCUT2D eigenvalue weighted by Gasteiger charge is -2.09. The van der Waals surface area contributed by atoms with Crippen LogP contribution in [0.4, 0.5) is 0 Å². The first-order valence-corrected chi connectivity index (χ1v) is 13.1. The minimum absolute atomic E-state index is 0.565. The number of unbranched alkanes of at least 4 members (excludes halogenated alkanes) is 12. The Kier molecular flexibility index (Phi) is 14.6. The van der Waals surface area contributed by atoms with Crippen LogP contribution in [0.2, 0.25) is 0 Å². The standard InChI is InChI=1S/C30H46O2/c1-3-4-5-6-7-8-9-10-11-12-13-14-15-16-17-18-23-31-26-28-20-22-30-29(24-28)21-19-27(2)25-32-30/h10-11,19-22,24H,2-9,12-18,23,25-26H2,1H3/b11-10-. The summed E-state index contributed by atoms with van der Waals surface area (Å²) in [6.07, 6.45) is 27.6. The van der Waals surface area contributed by atoms with E-state index < -0.39 is 0 Å². The van der Waals surface area contributed by atoms with E-state index in [0.29, 0.717) is 13.2 Å². The molecule has 0 radical (unpaired) electrons. The predicted octanol–water partition coefficient (Wildman–Crippen LogP) is 9.20. The van der Waals surface area contributed by atoms with E-state index in [0.717, 1.165) is 29.9 Å². The van der Waals surface area contributed by atoms with Gasteiger partial charge in [0.15, 0.2) is 0 Å². The lowest BCUT2D eigenvalue weighted by molar-refractivity contribution is 0.116. The van der Waals surface area contributed by atoms with E-state index in [-0.39, 0.29) is 0 Å². The Morgan fingerprint density at radius 3 is 2.22 bits per heavy atom. The number of allylic oxidation sites excluding steroid dienone is 2. The van der Waals surface area contributed by atoms with Gasteiger partial charge < -0.3 is 9.47 Å². The maximum Gasteiger partial charge on any atom is 0.127 e. The molecule has 1 heterocycles. The number of hydrogen-bond donors (Lipinski definition) is 0. The van der Waals surface area contributed by atoms with E-state index in [9.17, 15) is 0 Å². The molecule has 1 aliphatic heterocycles. The van der Waals surface area contributed by atoms with Gasteiger partial charge in [-0.2, -0.15) is 0 Å². The van der Waals surface area contributed by atoms with Gasteiger partial charge in [0.25, 0.3) is 0 Å². The van der Waals surface area contributed by atoms with Gasteiger partial charge in [-0.05, 0) is 55.4 Å². The van der Waals surface area contributed by atoms with Crippen molar-refractivity contribution in [1.29, 1.82) is 0 Å². The van der Waals surface area contributed by atoms with Crippen LogP contribution in [0.15, 0.2) is 48.6 Å². The third kappa shape index (κ3) is 12.3. The van der Waals surface area contributed by atoms with E-state index in [4.69, 9.17) is 9.47 Å². The van der Waals surface area contributed by atoms with Crippen molar-refractivity contribution < 1.29 is 9.47 Å². The van der Waals surface area contributed by atoms with Crippen LogP contribution >= 0.6 is 0 Å². The molecule has 0 bridgehead atoms. The van der Waals surface area contributed by atoms with Crippen molar-refractivity contribution in [3.8, 4) is 5.75 Å². The molecule has 178 valence electrons. The van der Waals surface area contributed by atoms with Crippen molar-refractivity contribution >= 4 is 6.08 Å². The summed E-state index contributed by atoms with van der Waals surface area (Å²) in [5.74, 6) is 0.928. The molecule has 0 aromatic heterocycles. The van der Waals surface area contributed by atoms with Gasteiger partial charge in [0.05, 0.1) is 6.61 Å². The second kappa shape index (κ2) is 17.7. The van der Waals surface area contributed by atoms with Crippen LogP contribution in [0.3, 0.4) is 0 Å². The zero-order chi connectivity index (χ0) is 22.7. The van der Waals surface area contributed by atoms with Crippen molar-refractivity contribution in [3.05, 3.63) is 59.7 Å². The quantitative estimate of drug-likeness (QED) is 0.168. The molecule has 0 unspecified atom stereocenters. The molecular formula is C30H46O2. The predicted molar refractivity (Wildman–Crippen MR) is 139 cm³/mol. The minimum atomic E-state index is 0.565. The summed E-state index contributed by atoms with van der Waals surface area (Å²) in [6, 6.07) is 6.30. The molecule has 0 atom stereocenters. The zero-order valence-corrected chi connectivity index (χ0v) is 20.6. The van der Waals surface area contributed by atoms with Gasteiger partial charge >= 0.3 is 0 Å². The summed E-state index contributed by atoms with van der Waals surface area (Å²) in [7, 11) is 0. The van der Waals surface area contributed by atoms with E-state index in [2.05, 4.69) is 43.9 Å². The average Bonchev–Trinajstić information content (AvgIpc) is 2.99. The third-order valence-electron chi connectivity index (χ3n) is 6.06. The lowest BCUT2D eigenvalue weighted by atomic mass is 10.1. The molecule has 1 aliphatic rings. The fraction of sp³-hybridized carbons (Fsp3) is 0.600. The Balaban J connectivity index is 1.38. The van der Waals surface area contributed by atoms with Crippen LogP contribution in [0, 0.1) is 0 Å². The third-order valence-corrected chi connectivity index (χ3v) is 6.06. The topological polar surface area (TPSA) is 18.5 Å². The zero-order valence-electron chi connectivity index (χ0n) is 20.6. The number of hydrogen-bond acceptors (Lipinski definition) is 2. The molecule has 2 heteroatoms. The normalized spacial score (nSPS) is 13.3. The summed E-state index contributed by atoms with van der Waals surface area (Å²) >= 11 is 0. The van der Waals surface area contributed by atoms with E-state index in [1.807, 2.05) is 12.1 Å². The number of fused-ring (bicyclic) bond motifs is 1. The molecule has 0 amide bonds. The molecule has 1 aromatic rings. The second-order valence-corrected chi connectivity index (χ2v) is 9.14. The minimum Gasteiger partial charge on any atom is -0.488 e. The van der Waals surface area contributed by atoms with Crippen molar-refractivity contribution in [2.45, 2.75) is 103 Å². The highest BCUT2D eigenvalue weighted by Crippen LogP contribution is 2.25. The van der Waals surface area contributed by atoms with E-state index >= 15 is 0 Å². The van der Waals surface area contributed by atoms with Crippen molar-refractivity contribution in [1.82, 2.24) is 0 Å². The molecule has 1 aromatic carbocycles. The second-order valence-electron chi connectivity index (χ2n) is 9.14. The summed E-state index contributed by atoms with van der Waals surface area (Å²) in [5.41, 5.74) is 3.31. The van der Waals surface area contributed by atoms with Crippen molar-refractivity contribution in [3.63, 3.8) is 0 Å². The van der Waals surface area contributed by atoms with Gasteiger partial charge in [0.2, 0.25) is 0 Å². The summed E-state index contributed by atoms with van der Waals surface area (Å²) < 4.78 is 11.6. The highest BCUT2D eigenvalue weighted by Gasteiger charge is 2.07. The fourth-order valence-corrected chi connectivity index (χ4v) is 4.02. The summed E-state index contributed by atoms with van der Waals surface area (Å²) in [6.45, 7) is 8.34. The summed E-state index contributed by atoms with van der Waals surface area (Å²) in [5, 5.41) is 0. The molecule has 0 N–H and O–H groups in total. The first kappa shape index (κ1) is 26.5. The molecule has 0 spiro atoms. The average molecular weight is 439 g/mol. The monoisotopic (exact) mass is 438 g/mol. The van der Waals surface area contributed by atoms with Crippen molar-refractivity contribution in [2.24, 2.45) is 0 Å². The van der Waals surface area contributed by atoms with E-state index in [1.165, 1.54) is 89.0 Å².